The molecule has 2 aliphatic rings. The summed E-state index contributed by atoms with van der Waals surface area (Å²) in [5, 5.41) is 3.20. The molecular formula is C15H19NO3. The van der Waals surface area contributed by atoms with E-state index in [1.165, 1.54) is 11.1 Å². The van der Waals surface area contributed by atoms with Crippen molar-refractivity contribution in [3.8, 4) is 0 Å². The third kappa shape index (κ3) is 2.86. The van der Waals surface area contributed by atoms with Crippen LogP contribution in [0.1, 0.15) is 23.7 Å². The fourth-order valence-electron chi connectivity index (χ4n) is 2.74. The van der Waals surface area contributed by atoms with Gasteiger partial charge in [0.1, 0.15) is 0 Å². The van der Waals surface area contributed by atoms with Crippen molar-refractivity contribution in [2.24, 2.45) is 0 Å². The van der Waals surface area contributed by atoms with Gasteiger partial charge in [-0.2, -0.15) is 0 Å². The van der Waals surface area contributed by atoms with Crippen molar-refractivity contribution < 1.29 is 14.3 Å². The molecule has 1 N–H and O–H groups in total. The van der Waals surface area contributed by atoms with Gasteiger partial charge in [-0.15, -0.1) is 0 Å². The lowest BCUT2D eigenvalue weighted by molar-refractivity contribution is -0.127. The van der Waals surface area contributed by atoms with Crippen LogP contribution < -0.4 is 5.32 Å². The van der Waals surface area contributed by atoms with Gasteiger partial charge in [-0.25, -0.2) is 0 Å². The molecule has 0 aliphatic carbocycles. The molecule has 3 rings (SSSR count). The van der Waals surface area contributed by atoms with Crippen molar-refractivity contribution in [1.82, 2.24) is 5.32 Å². The fourth-order valence-corrected chi connectivity index (χ4v) is 2.74. The highest BCUT2D eigenvalue weighted by Gasteiger charge is 2.27. The Morgan fingerprint density at radius 2 is 2.21 bits per heavy atom. The Morgan fingerprint density at radius 3 is 3.05 bits per heavy atom. The largest absolute Gasteiger partial charge is 0.378 e. The van der Waals surface area contributed by atoms with Crippen molar-refractivity contribution in [1.29, 1.82) is 0 Å². The van der Waals surface area contributed by atoms with E-state index in [4.69, 9.17) is 9.47 Å². The molecule has 1 aromatic rings. The van der Waals surface area contributed by atoms with Crippen LogP contribution in [0.15, 0.2) is 24.3 Å². The van der Waals surface area contributed by atoms with Crippen molar-refractivity contribution in [3.05, 3.63) is 35.4 Å². The van der Waals surface area contributed by atoms with Crippen LogP contribution in [0.5, 0.6) is 0 Å². The summed E-state index contributed by atoms with van der Waals surface area (Å²) in [6.45, 7) is 2.61. The number of rotatable bonds is 3. The van der Waals surface area contributed by atoms with Crippen LogP contribution in [0.25, 0.3) is 0 Å². The van der Waals surface area contributed by atoms with Crippen LogP contribution in [0.3, 0.4) is 0 Å². The molecule has 102 valence electrons. The van der Waals surface area contributed by atoms with Crippen molar-refractivity contribution in [2.75, 3.05) is 26.4 Å². The topological polar surface area (TPSA) is 47.6 Å². The molecule has 2 unspecified atom stereocenters. The second kappa shape index (κ2) is 5.82. The Balaban J connectivity index is 1.68. The first-order valence-corrected chi connectivity index (χ1v) is 6.88. The van der Waals surface area contributed by atoms with Crippen molar-refractivity contribution in [2.45, 2.75) is 25.0 Å². The molecular weight excluding hydrogens is 242 g/mol. The number of fused-ring (bicyclic) bond motifs is 1. The summed E-state index contributed by atoms with van der Waals surface area (Å²) in [6, 6.07) is 8.06. The Bertz CT molecular complexity index is 454. The van der Waals surface area contributed by atoms with Gasteiger partial charge in [0.2, 0.25) is 0 Å². The number of carbonyl (C=O) groups is 1. The first-order valence-electron chi connectivity index (χ1n) is 6.88. The molecule has 0 radical (unpaired) electrons. The summed E-state index contributed by atoms with van der Waals surface area (Å²) in [5.41, 5.74) is 2.47. The summed E-state index contributed by atoms with van der Waals surface area (Å²) in [6.07, 6.45) is 1.27. The highest BCUT2D eigenvalue weighted by atomic mass is 16.5. The van der Waals surface area contributed by atoms with Crippen LogP contribution in [0, 0.1) is 0 Å². The molecule has 0 amide bonds. The predicted octanol–water partition coefficient (Wildman–Crippen LogP) is 1.25. The third-order valence-electron chi connectivity index (χ3n) is 3.79. The van der Waals surface area contributed by atoms with Crippen LogP contribution in [0.4, 0.5) is 0 Å². The molecule has 1 saturated heterocycles. The molecule has 0 bridgehead atoms. The van der Waals surface area contributed by atoms with Gasteiger partial charge in [-0.05, 0) is 17.5 Å². The number of ether oxygens (including phenoxy) is 2. The minimum Gasteiger partial charge on any atom is -0.378 e. The van der Waals surface area contributed by atoms with Crippen LogP contribution >= 0.6 is 0 Å². The third-order valence-corrected chi connectivity index (χ3v) is 3.79. The van der Waals surface area contributed by atoms with Gasteiger partial charge in [0, 0.05) is 13.0 Å². The quantitative estimate of drug-likeness (QED) is 0.889. The van der Waals surface area contributed by atoms with Gasteiger partial charge in [0.25, 0.3) is 0 Å². The lowest BCUT2D eigenvalue weighted by Crippen LogP contribution is -2.47. The highest BCUT2D eigenvalue weighted by Crippen LogP contribution is 2.29. The van der Waals surface area contributed by atoms with Crippen LogP contribution in [-0.2, 0) is 20.7 Å². The molecule has 19 heavy (non-hydrogen) atoms. The van der Waals surface area contributed by atoms with Gasteiger partial charge in [0.05, 0.1) is 32.0 Å². The molecule has 0 saturated carbocycles. The van der Waals surface area contributed by atoms with E-state index < -0.39 is 0 Å². The SMILES string of the molecule is O=C(CC1OCCc2ccccc21)C1COCCN1. The number of ketones is 1. The molecule has 4 nitrogen and oxygen atoms in total. The fraction of sp³-hybridized carbons (Fsp3) is 0.533. The molecule has 4 heteroatoms. The maximum absolute atomic E-state index is 12.3. The Kier molecular flexibility index (Phi) is 3.92. The maximum Gasteiger partial charge on any atom is 0.155 e. The Hall–Kier alpha value is -1.23. The van der Waals surface area contributed by atoms with E-state index in [0.29, 0.717) is 26.2 Å². The van der Waals surface area contributed by atoms with E-state index in [2.05, 4.69) is 17.4 Å². The Labute approximate surface area is 113 Å². The first-order chi connectivity index (χ1) is 9.34. The standard InChI is InChI=1S/C15H19NO3/c17-14(13-10-18-8-6-16-13)9-15-12-4-2-1-3-11(12)5-7-19-15/h1-4,13,15-16H,5-10H2. The number of Topliss-reactive ketones (excluding diaryl/α,β-unsaturated/α-hetero) is 1. The number of nitrogens with one attached hydrogen (secondary N) is 1. The van der Waals surface area contributed by atoms with E-state index in [1.54, 1.807) is 0 Å². The number of hydrogen-bond acceptors (Lipinski definition) is 4. The zero-order chi connectivity index (χ0) is 13.1. The molecule has 2 aliphatic heterocycles. The second-order valence-corrected chi connectivity index (χ2v) is 5.06. The van der Waals surface area contributed by atoms with Crippen LogP contribution in [0.2, 0.25) is 0 Å². The first kappa shape index (κ1) is 12.8. The minimum absolute atomic E-state index is 0.0961. The van der Waals surface area contributed by atoms with Gasteiger partial charge >= 0.3 is 0 Å². The van der Waals surface area contributed by atoms with Crippen molar-refractivity contribution in [3.63, 3.8) is 0 Å². The minimum atomic E-state index is -0.175. The lowest BCUT2D eigenvalue weighted by atomic mass is 9.93. The molecule has 2 heterocycles. The molecule has 0 aromatic heterocycles. The molecule has 2 atom stereocenters. The summed E-state index contributed by atoms with van der Waals surface area (Å²) >= 11 is 0. The predicted molar refractivity (Wildman–Crippen MR) is 71.1 cm³/mol. The van der Waals surface area contributed by atoms with E-state index in [0.717, 1.165) is 13.0 Å². The maximum atomic E-state index is 12.3. The molecule has 1 aromatic carbocycles. The van der Waals surface area contributed by atoms with E-state index in [-0.39, 0.29) is 17.9 Å². The number of hydrogen-bond donors (Lipinski definition) is 1. The normalized spacial score (nSPS) is 26.7. The summed E-state index contributed by atoms with van der Waals surface area (Å²) in [5.74, 6) is 0.182. The van der Waals surface area contributed by atoms with Gasteiger partial charge in [-0.3, -0.25) is 4.79 Å². The highest BCUT2D eigenvalue weighted by molar-refractivity contribution is 5.85. The van der Waals surface area contributed by atoms with Crippen molar-refractivity contribution >= 4 is 5.78 Å². The average Bonchev–Trinajstić information content (AvgIpc) is 2.48. The monoisotopic (exact) mass is 261 g/mol. The average molecular weight is 261 g/mol. The summed E-state index contributed by atoms with van der Waals surface area (Å²) in [7, 11) is 0. The van der Waals surface area contributed by atoms with E-state index in [9.17, 15) is 4.79 Å². The molecule has 1 fully saturated rings. The number of morpholine rings is 1. The smallest absolute Gasteiger partial charge is 0.155 e. The Morgan fingerprint density at radius 1 is 1.32 bits per heavy atom. The van der Waals surface area contributed by atoms with Gasteiger partial charge < -0.3 is 14.8 Å². The second-order valence-electron chi connectivity index (χ2n) is 5.06. The summed E-state index contributed by atoms with van der Waals surface area (Å²) < 4.78 is 11.1. The lowest BCUT2D eigenvalue weighted by Gasteiger charge is -2.28. The van der Waals surface area contributed by atoms with E-state index in [1.807, 2.05) is 12.1 Å². The summed E-state index contributed by atoms with van der Waals surface area (Å²) in [4.78, 5) is 12.3. The van der Waals surface area contributed by atoms with Gasteiger partial charge in [0.15, 0.2) is 5.78 Å². The number of carbonyl (C=O) groups excluding carboxylic acids is 1. The van der Waals surface area contributed by atoms with Gasteiger partial charge in [-0.1, -0.05) is 24.3 Å². The zero-order valence-corrected chi connectivity index (χ0v) is 10.9. The van der Waals surface area contributed by atoms with Crippen LogP contribution in [-0.4, -0.2) is 38.2 Å². The zero-order valence-electron chi connectivity index (χ0n) is 10.9. The number of benzene rings is 1. The van der Waals surface area contributed by atoms with E-state index >= 15 is 0 Å². The molecule has 0 spiro atoms.